The SMILES string of the molecule is O=C(C=P(c1ccccc1)(c1ccccc1)c1ccccc1)Oc1ccc(-c2ccc(F)cc2F)s1. The predicted molar refractivity (Wildman–Crippen MR) is 147 cm³/mol. The molecule has 2 nitrogen and oxygen atoms in total. The minimum absolute atomic E-state index is 0.257. The van der Waals surface area contributed by atoms with Gasteiger partial charge in [0.2, 0.25) is 0 Å². The summed E-state index contributed by atoms with van der Waals surface area (Å²) in [4.78, 5) is 14.0. The number of carbonyl (C=O) groups excluding carboxylic acids is 1. The van der Waals surface area contributed by atoms with Gasteiger partial charge >= 0.3 is 5.97 Å². The molecule has 0 spiro atoms. The van der Waals surface area contributed by atoms with Crippen molar-refractivity contribution in [1.82, 2.24) is 0 Å². The van der Waals surface area contributed by atoms with Crippen LogP contribution in [-0.2, 0) is 4.79 Å². The van der Waals surface area contributed by atoms with Crippen LogP contribution in [0, 0.1) is 11.6 Å². The number of rotatable bonds is 6. The molecule has 0 fully saturated rings. The molecule has 0 aliphatic carbocycles. The zero-order valence-electron chi connectivity index (χ0n) is 19.1. The summed E-state index contributed by atoms with van der Waals surface area (Å²) in [7, 11) is 0. The fourth-order valence-electron chi connectivity index (χ4n) is 4.15. The first-order valence-corrected chi connectivity index (χ1v) is 13.9. The Balaban J connectivity index is 1.60. The Hall–Kier alpha value is -3.79. The summed E-state index contributed by atoms with van der Waals surface area (Å²) in [6, 6.07) is 36.6. The van der Waals surface area contributed by atoms with Crippen LogP contribution >= 0.6 is 18.2 Å². The van der Waals surface area contributed by atoms with Gasteiger partial charge in [-0.15, -0.1) is 0 Å². The van der Waals surface area contributed by atoms with Gasteiger partial charge in [0.15, 0.2) is 5.06 Å². The molecule has 0 N–H and O–H groups in total. The molecular formula is C30H21F2O2PS. The second-order valence-electron chi connectivity index (χ2n) is 8.02. The molecule has 5 rings (SSSR count). The van der Waals surface area contributed by atoms with Crippen molar-refractivity contribution in [2.45, 2.75) is 0 Å². The summed E-state index contributed by atoms with van der Waals surface area (Å²) in [5, 5.41) is 3.42. The second-order valence-corrected chi connectivity index (χ2v) is 12.3. The molecule has 0 unspecified atom stereocenters. The zero-order chi connectivity index (χ0) is 25.0. The highest BCUT2D eigenvalue weighted by molar-refractivity contribution is 7.95. The normalized spacial score (nSPS) is 11.2. The number of benzene rings is 4. The van der Waals surface area contributed by atoms with E-state index < -0.39 is 24.5 Å². The quantitative estimate of drug-likeness (QED) is 0.194. The third kappa shape index (κ3) is 4.81. The van der Waals surface area contributed by atoms with Crippen molar-refractivity contribution in [3.05, 3.63) is 133 Å². The molecule has 178 valence electrons. The van der Waals surface area contributed by atoms with Crippen LogP contribution in [0.2, 0.25) is 0 Å². The van der Waals surface area contributed by atoms with Gasteiger partial charge in [-0.05, 0) is 47.1 Å². The fourth-order valence-corrected chi connectivity index (χ4v) is 8.68. The van der Waals surface area contributed by atoms with E-state index in [1.807, 2.05) is 91.0 Å². The van der Waals surface area contributed by atoms with Crippen LogP contribution in [-0.4, -0.2) is 11.8 Å². The molecule has 0 bridgehead atoms. The van der Waals surface area contributed by atoms with Gasteiger partial charge < -0.3 is 4.74 Å². The molecule has 5 aromatic rings. The Labute approximate surface area is 212 Å². The van der Waals surface area contributed by atoms with E-state index in [0.717, 1.165) is 33.3 Å². The van der Waals surface area contributed by atoms with Gasteiger partial charge in [0.25, 0.3) is 0 Å². The fraction of sp³-hybridized carbons (Fsp3) is 0. The summed E-state index contributed by atoms with van der Waals surface area (Å²) in [5.41, 5.74) is 0.257. The topological polar surface area (TPSA) is 26.3 Å². The second kappa shape index (κ2) is 10.4. The lowest BCUT2D eigenvalue weighted by Gasteiger charge is -2.28. The number of hydrogen-bond donors (Lipinski definition) is 0. The van der Waals surface area contributed by atoms with E-state index in [9.17, 15) is 13.6 Å². The molecule has 0 amide bonds. The monoisotopic (exact) mass is 514 g/mol. The highest BCUT2D eigenvalue weighted by atomic mass is 32.1. The maximum Gasteiger partial charge on any atom is 0.338 e. The van der Waals surface area contributed by atoms with Crippen molar-refractivity contribution in [3.63, 3.8) is 0 Å². The smallest absolute Gasteiger partial charge is 0.338 e. The first kappa shape index (κ1) is 23.9. The van der Waals surface area contributed by atoms with Crippen LogP contribution in [0.5, 0.6) is 5.06 Å². The van der Waals surface area contributed by atoms with E-state index in [-0.39, 0.29) is 5.56 Å². The molecule has 0 atom stereocenters. The van der Waals surface area contributed by atoms with E-state index in [2.05, 4.69) is 0 Å². The lowest BCUT2D eigenvalue weighted by Crippen LogP contribution is -2.29. The summed E-state index contributed by atoms with van der Waals surface area (Å²) < 4.78 is 33.3. The van der Waals surface area contributed by atoms with Crippen LogP contribution in [0.3, 0.4) is 0 Å². The van der Waals surface area contributed by atoms with Crippen LogP contribution in [0.15, 0.2) is 121 Å². The first-order valence-electron chi connectivity index (χ1n) is 11.2. The Bertz CT molecular complexity index is 1440. The number of esters is 1. The van der Waals surface area contributed by atoms with E-state index in [1.165, 1.54) is 12.1 Å². The minimum Gasteiger partial charge on any atom is -0.412 e. The molecule has 6 heteroatoms. The van der Waals surface area contributed by atoms with E-state index in [0.29, 0.717) is 9.94 Å². The van der Waals surface area contributed by atoms with Crippen molar-refractivity contribution in [3.8, 4) is 15.5 Å². The molecule has 0 radical (unpaired) electrons. The average molecular weight is 515 g/mol. The molecule has 0 aliphatic rings. The largest absolute Gasteiger partial charge is 0.412 e. The molecule has 4 aromatic carbocycles. The van der Waals surface area contributed by atoms with Gasteiger partial charge in [-0.25, -0.2) is 13.6 Å². The molecular weight excluding hydrogens is 493 g/mol. The third-order valence-corrected chi connectivity index (χ3v) is 10.7. The Kier molecular flexibility index (Phi) is 6.95. The maximum atomic E-state index is 14.3. The summed E-state index contributed by atoms with van der Waals surface area (Å²) in [6.07, 6.45) is 0. The highest BCUT2D eigenvalue weighted by Gasteiger charge is 2.27. The van der Waals surface area contributed by atoms with Gasteiger partial charge in [0.1, 0.15) is 11.6 Å². The van der Waals surface area contributed by atoms with Crippen LogP contribution < -0.4 is 20.7 Å². The number of hydrogen-bond acceptors (Lipinski definition) is 3. The number of carbonyl (C=O) groups is 1. The molecule has 0 saturated heterocycles. The Morgan fingerprint density at radius 3 is 1.72 bits per heavy atom. The molecule has 0 saturated carbocycles. The highest BCUT2D eigenvalue weighted by Crippen LogP contribution is 2.44. The van der Waals surface area contributed by atoms with E-state index in [1.54, 1.807) is 17.9 Å². The number of ether oxygens (including phenoxy) is 1. The van der Waals surface area contributed by atoms with Gasteiger partial charge in [0, 0.05) is 22.3 Å². The standard InChI is InChI=1S/C30H21F2O2PS/c31-22-16-17-26(27(32)20-22)28-18-19-30(36-28)34-29(33)21-35(23-10-4-1-5-11-23,24-12-6-2-7-13-24)25-14-8-3-9-15-25/h1-21H. The van der Waals surface area contributed by atoms with Crippen LogP contribution in [0.1, 0.15) is 0 Å². The van der Waals surface area contributed by atoms with Gasteiger partial charge in [-0.1, -0.05) is 102 Å². The third-order valence-electron chi connectivity index (χ3n) is 5.77. The van der Waals surface area contributed by atoms with Crippen molar-refractivity contribution < 1.29 is 18.3 Å². The van der Waals surface area contributed by atoms with Crippen molar-refractivity contribution in [2.24, 2.45) is 0 Å². The van der Waals surface area contributed by atoms with Crippen molar-refractivity contribution in [2.75, 3.05) is 0 Å². The Morgan fingerprint density at radius 2 is 1.22 bits per heavy atom. The van der Waals surface area contributed by atoms with E-state index >= 15 is 0 Å². The van der Waals surface area contributed by atoms with Crippen LogP contribution in [0.25, 0.3) is 10.4 Å². The van der Waals surface area contributed by atoms with Crippen LogP contribution in [0.4, 0.5) is 8.78 Å². The number of halogens is 2. The lowest BCUT2D eigenvalue weighted by atomic mass is 10.2. The molecule has 0 aliphatic heterocycles. The summed E-state index contributed by atoms with van der Waals surface area (Å²) >= 11 is 1.13. The Morgan fingerprint density at radius 1 is 0.694 bits per heavy atom. The molecule has 1 heterocycles. The van der Waals surface area contributed by atoms with Gasteiger partial charge in [0.05, 0.1) is 0 Å². The average Bonchev–Trinajstić information content (AvgIpc) is 3.36. The summed E-state index contributed by atoms with van der Waals surface area (Å²) in [5.74, 6) is -0.0985. The van der Waals surface area contributed by atoms with Gasteiger partial charge in [-0.2, -0.15) is 0 Å². The van der Waals surface area contributed by atoms with Gasteiger partial charge in [-0.3, -0.25) is 0 Å². The lowest BCUT2D eigenvalue weighted by molar-refractivity contribution is -0.126. The molecule has 36 heavy (non-hydrogen) atoms. The number of thiophene rings is 1. The zero-order valence-corrected chi connectivity index (χ0v) is 20.8. The van der Waals surface area contributed by atoms with Crippen molar-refractivity contribution >= 4 is 45.9 Å². The van der Waals surface area contributed by atoms with Crippen molar-refractivity contribution in [1.29, 1.82) is 0 Å². The van der Waals surface area contributed by atoms with E-state index in [4.69, 9.17) is 4.74 Å². The summed E-state index contributed by atoms with van der Waals surface area (Å²) in [6.45, 7) is -2.51. The minimum atomic E-state index is -2.51. The predicted octanol–water partition coefficient (Wildman–Crippen LogP) is 6.40. The maximum absolute atomic E-state index is 14.3. The molecule has 1 aromatic heterocycles. The first-order chi connectivity index (χ1) is 17.6.